The van der Waals surface area contributed by atoms with Crippen molar-refractivity contribution in [1.29, 1.82) is 0 Å². The Labute approximate surface area is 206 Å². The van der Waals surface area contributed by atoms with Gasteiger partial charge in [0.1, 0.15) is 11.4 Å². The van der Waals surface area contributed by atoms with E-state index < -0.39 is 0 Å². The van der Waals surface area contributed by atoms with Crippen LogP contribution in [0.1, 0.15) is 58.2 Å². The Morgan fingerprint density at radius 1 is 0.844 bits per heavy atom. The van der Waals surface area contributed by atoms with Crippen LogP contribution in [0.25, 0.3) is 0 Å². The van der Waals surface area contributed by atoms with Crippen molar-refractivity contribution in [3.05, 3.63) is 41.0 Å². The summed E-state index contributed by atoms with van der Waals surface area (Å²) in [6.45, 7) is 12.7. The molecule has 0 aliphatic carbocycles. The van der Waals surface area contributed by atoms with Gasteiger partial charge in [-0.1, -0.05) is 47.6 Å². The van der Waals surface area contributed by atoms with Crippen LogP contribution in [-0.2, 0) is 24.0 Å². The minimum absolute atomic E-state index is 0.00694. The van der Waals surface area contributed by atoms with E-state index in [1.54, 1.807) is 27.5 Å². The third-order valence-corrected chi connectivity index (χ3v) is 4.80. The van der Waals surface area contributed by atoms with Gasteiger partial charge in [0, 0.05) is 17.3 Å². The number of nitrogens with zero attached hydrogens (tertiary/aromatic N) is 1. The van der Waals surface area contributed by atoms with Crippen LogP contribution in [0.4, 0.5) is 5.69 Å². The molecule has 0 fully saturated rings. The predicted molar refractivity (Wildman–Crippen MR) is 131 cm³/mol. The number of aliphatic imine (C=N–C) groups is 1. The number of benzene rings is 2. The second-order valence-corrected chi connectivity index (χ2v) is 11.1. The third kappa shape index (κ3) is 7.48. The van der Waals surface area contributed by atoms with Crippen LogP contribution in [0.2, 0.25) is 0 Å². The fraction of sp³-hybridized carbons (Fsp3) is 0.458. The van der Waals surface area contributed by atoms with Gasteiger partial charge in [-0.3, -0.25) is 4.99 Å². The molecule has 0 aromatic heterocycles. The zero-order chi connectivity index (χ0) is 24.7. The van der Waals surface area contributed by atoms with Crippen LogP contribution >= 0.6 is 20.2 Å². The van der Waals surface area contributed by atoms with Crippen LogP contribution in [0.3, 0.4) is 0 Å². The molecule has 1 N–H and O–H groups in total. The van der Waals surface area contributed by atoms with Crippen molar-refractivity contribution < 1.29 is 32.5 Å². The average Bonchev–Trinajstić information content (AvgIpc) is 2.70. The summed E-state index contributed by atoms with van der Waals surface area (Å²) < 4.78 is 16.2. The molecule has 2 rings (SSSR count). The first kappa shape index (κ1) is 28.4. The van der Waals surface area contributed by atoms with Gasteiger partial charge in [0.25, 0.3) is 0 Å². The van der Waals surface area contributed by atoms with Crippen LogP contribution in [0.15, 0.2) is 29.3 Å². The molecule has 32 heavy (non-hydrogen) atoms. The van der Waals surface area contributed by atoms with Gasteiger partial charge in [0.15, 0.2) is 11.5 Å². The monoisotopic (exact) mass is 524 g/mol. The molecule has 0 heterocycles. The number of phenolic OH excluding ortho intramolecular Hbond substituents is 1. The van der Waals surface area contributed by atoms with Crippen molar-refractivity contribution in [3.8, 4) is 23.0 Å². The quantitative estimate of drug-likeness (QED) is 0.333. The first-order chi connectivity index (χ1) is 14.8. The first-order valence-electron chi connectivity index (χ1n) is 9.93. The summed E-state index contributed by atoms with van der Waals surface area (Å²) in [5.41, 5.74) is 3.04. The van der Waals surface area contributed by atoms with Crippen LogP contribution in [-0.4, -0.2) is 32.7 Å². The van der Waals surface area contributed by atoms with Gasteiger partial charge in [0.05, 0.1) is 21.3 Å². The van der Waals surface area contributed by atoms with E-state index >= 15 is 0 Å². The van der Waals surface area contributed by atoms with Crippen LogP contribution in [0, 0.1) is 0 Å². The molecule has 0 aliphatic heterocycles. The molecule has 2 aromatic carbocycles. The molecule has 5 nitrogen and oxygen atoms in total. The molecule has 0 unspecified atom stereocenters. The van der Waals surface area contributed by atoms with Gasteiger partial charge >= 0.3 is 33.3 Å². The summed E-state index contributed by atoms with van der Waals surface area (Å²) in [6, 6.07) is 7.66. The normalized spacial score (nSPS) is 11.7. The molecule has 179 valence electrons. The number of hydrogen-bond acceptors (Lipinski definition) is 5. The van der Waals surface area contributed by atoms with E-state index in [-0.39, 0.29) is 29.7 Å². The topological polar surface area (TPSA) is 60.3 Å². The van der Waals surface area contributed by atoms with Gasteiger partial charge in [-0.2, -0.15) is 0 Å². The number of aromatic hydroxyl groups is 1. The summed E-state index contributed by atoms with van der Waals surface area (Å²) in [6.07, 6.45) is 1.69. The number of ether oxygens (including phenoxy) is 3. The Bertz CT molecular complexity index is 910. The SMILES string of the molecule is COc1cc(C=Nc2cc(C(C)(C)C)cc(C(C)(C)C)c2O)cc(OC)c1OC.[Cl][Mn][Cl]. The number of methoxy groups -OCH3 is 3. The van der Waals surface area contributed by atoms with E-state index in [9.17, 15) is 5.11 Å². The molecule has 0 spiro atoms. The number of hydrogen-bond donors (Lipinski definition) is 1. The minimum atomic E-state index is -0.206. The maximum absolute atomic E-state index is 10.9. The van der Waals surface area contributed by atoms with Crippen molar-refractivity contribution in [2.24, 2.45) is 4.99 Å². The maximum atomic E-state index is 10.9. The van der Waals surface area contributed by atoms with Gasteiger partial charge in [-0.25, -0.2) is 0 Å². The molecule has 0 saturated heterocycles. The molecule has 0 amide bonds. The number of phenols is 1. The number of halogens is 2. The summed E-state index contributed by atoms with van der Waals surface area (Å²) in [7, 11) is 14.3. The molecule has 0 bridgehead atoms. The molecule has 2 aromatic rings. The van der Waals surface area contributed by atoms with Crippen molar-refractivity contribution in [2.75, 3.05) is 21.3 Å². The third-order valence-electron chi connectivity index (χ3n) is 4.80. The van der Waals surface area contributed by atoms with E-state index in [0.29, 0.717) is 22.9 Å². The van der Waals surface area contributed by atoms with Gasteiger partial charge in [-0.15, -0.1) is 0 Å². The fourth-order valence-electron chi connectivity index (χ4n) is 3.04. The van der Waals surface area contributed by atoms with E-state index in [2.05, 4.69) is 52.6 Å². The predicted octanol–water partition coefficient (Wildman–Crippen LogP) is 7.14. The molecule has 0 aliphatic rings. The van der Waals surface area contributed by atoms with Crippen molar-refractivity contribution in [1.82, 2.24) is 0 Å². The zero-order valence-electron chi connectivity index (χ0n) is 20.1. The van der Waals surface area contributed by atoms with E-state index in [0.717, 1.165) is 16.7 Å². The number of rotatable bonds is 5. The van der Waals surface area contributed by atoms with Crippen molar-refractivity contribution in [3.63, 3.8) is 0 Å². The molecule has 0 atom stereocenters. The molecule has 0 radical (unpaired) electrons. The van der Waals surface area contributed by atoms with E-state index in [1.807, 2.05) is 18.2 Å². The fourth-order valence-corrected chi connectivity index (χ4v) is 3.04. The summed E-state index contributed by atoms with van der Waals surface area (Å²) >= 11 is 0.00694. The van der Waals surface area contributed by atoms with E-state index in [1.165, 1.54) is 0 Å². The first-order valence-corrected chi connectivity index (χ1v) is 13.2. The van der Waals surface area contributed by atoms with Gasteiger partial charge in [0.2, 0.25) is 5.75 Å². The Hall–Kier alpha value is -1.59. The van der Waals surface area contributed by atoms with Gasteiger partial charge < -0.3 is 19.3 Å². The summed E-state index contributed by atoms with van der Waals surface area (Å²) in [5.74, 6) is 1.83. The molecular formula is C24H33Cl2MnNO4. The summed E-state index contributed by atoms with van der Waals surface area (Å²) in [4.78, 5) is 4.60. The second kappa shape index (κ2) is 12.0. The Morgan fingerprint density at radius 3 is 1.72 bits per heavy atom. The Morgan fingerprint density at radius 2 is 1.34 bits per heavy atom. The zero-order valence-corrected chi connectivity index (χ0v) is 22.8. The molecular weight excluding hydrogens is 492 g/mol. The second-order valence-electron chi connectivity index (χ2n) is 9.16. The molecule has 0 saturated carbocycles. The van der Waals surface area contributed by atoms with Crippen molar-refractivity contribution >= 4 is 32.1 Å². The standard InChI is InChI=1S/C24H33NO4.2ClH.Mn/c1-23(2,3)16-12-17(24(4,5)6)21(26)18(13-16)25-14-15-10-19(27-7)22(29-9)20(11-15)28-8;;;/h10-14,26H,1-9H3;2*1H;/q;;;+2/p-2. The van der Waals surface area contributed by atoms with Gasteiger partial charge in [-0.05, 0) is 34.6 Å². The average molecular weight is 525 g/mol. The summed E-state index contributed by atoms with van der Waals surface area (Å²) in [5, 5.41) is 10.9. The van der Waals surface area contributed by atoms with Crippen molar-refractivity contribution in [2.45, 2.75) is 52.4 Å². The molecule has 8 heteroatoms. The van der Waals surface area contributed by atoms with Crippen LogP contribution < -0.4 is 14.2 Å². The Kier molecular flexibility index (Phi) is 10.7. The van der Waals surface area contributed by atoms with E-state index in [4.69, 9.17) is 34.4 Å². The van der Waals surface area contributed by atoms with Crippen LogP contribution in [0.5, 0.6) is 23.0 Å². The Balaban J connectivity index is 0.00000161.